The molecule has 3 rings (SSSR count). The summed E-state index contributed by atoms with van der Waals surface area (Å²) in [6.07, 6.45) is 1.45. The normalized spacial score (nSPS) is 16.2. The average molecular weight is 321 g/mol. The Labute approximate surface area is 127 Å². The number of benzene rings is 1. The first-order valence-corrected chi connectivity index (χ1v) is 9.26. The van der Waals surface area contributed by atoms with Crippen molar-refractivity contribution < 1.29 is 13.2 Å². The monoisotopic (exact) mass is 321 g/mol. The second-order valence-electron chi connectivity index (χ2n) is 5.02. The zero-order chi connectivity index (χ0) is 14.9. The van der Waals surface area contributed by atoms with Gasteiger partial charge in [-0.05, 0) is 41.5 Å². The molecule has 1 N–H and O–H groups in total. The third-order valence-corrected chi connectivity index (χ3v) is 6.28. The van der Waals surface area contributed by atoms with Gasteiger partial charge in [0.1, 0.15) is 0 Å². The lowest BCUT2D eigenvalue weighted by atomic mass is 10.1. The molecule has 4 nitrogen and oxygen atoms in total. The zero-order valence-electron chi connectivity index (χ0n) is 11.3. The van der Waals surface area contributed by atoms with Crippen LogP contribution in [0.15, 0.2) is 40.6 Å². The van der Waals surface area contributed by atoms with Gasteiger partial charge in [0.15, 0.2) is 9.84 Å². The van der Waals surface area contributed by atoms with Crippen molar-refractivity contribution in [2.24, 2.45) is 0 Å². The molecule has 0 saturated heterocycles. The summed E-state index contributed by atoms with van der Waals surface area (Å²) in [6, 6.07) is 8.94. The van der Waals surface area contributed by atoms with Gasteiger partial charge in [0, 0.05) is 6.54 Å². The van der Waals surface area contributed by atoms with E-state index in [9.17, 15) is 13.2 Å². The van der Waals surface area contributed by atoms with E-state index in [1.54, 1.807) is 18.2 Å². The van der Waals surface area contributed by atoms with Crippen LogP contribution < -0.4 is 5.32 Å². The Morgan fingerprint density at radius 2 is 2.14 bits per heavy atom. The average Bonchev–Trinajstić information content (AvgIpc) is 2.98. The zero-order valence-corrected chi connectivity index (χ0v) is 13.0. The number of fused-ring (bicyclic) bond motifs is 1. The SMILES string of the molecule is O=C(NCc1ccc2c(c1)CCCS2(=O)=O)c1cccs1. The Morgan fingerprint density at radius 3 is 2.90 bits per heavy atom. The summed E-state index contributed by atoms with van der Waals surface area (Å²) in [5.74, 6) is 0.129. The van der Waals surface area contributed by atoms with Crippen LogP contribution in [0.2, 0.25) is 0 Å². The van der Waals surface area contributed by atoms with Crippen molar-refractivity contribution in [2.75, 3.05) is 5.75 Å². The number of sulfone groups is 1. The number of nitrogens with one attached hydrogen (secondary N) is 1. The first kappa shape index (κ1) is 14.3. The van der Waals surface area contributed by atoms with Crippen molar-refractivity contribution in [3.05, 3.63) is 51.7 Å². The number of aryl methyl sites for hydroxylation is 1. The lowest BCUT2D eigenvalue weighted by molar-refractivity contribution is 0.0955. The highest BCUT2D eigenvalue weighted by Gasteiger charge is 2.23. The highest BCUT2D eigenvalue weighted by molar-refractivity contribution is 7.91. The van der Waals surface area contributed by atoms with E-state index in [4.69, 9.17) is 0 Å². The van der Waals surface area contributed by atoms with Gasteiger partial charge in [0.2, 0.25) is 0 Å². The van der Waals surface area contributed by atoms with E-state index < -0.39 is 9.84 Å². The maximum atomic E-state index is 11.9. The minimum absolute atomic E-state index is 0.102. The fraction of sp³-hybridized carbons (Fsp3) is 0.267. The van der Waals surface area contributed by atoms with Crippen LogP contribution in [0.25, 0.3) is 0 Å². The number of thiophene rings is 1. The molecule has 1 aromatic carbocycles. The van der Waals surface area contributed by atoms with Crippen molar-refractivity contribution in [1.29, 1.82) is 0 Å². The van der Waals surface area contributed by atoms with Crippen molar-refractivity contribution in [2.45, 2.75) is 24.3 Å². The fourth-order valence-corrected chi connectivity index (χ4v) is 4.70. The van der Waals surface area contributed by atoms with Gasteiger partial charge in [0.05, 0.1) is 15.5 Å². The molecule has 1 aliphatic rings. The second-order valence-corrected chi connectivity index (χ2v) is 8.05. The minimum Gasteiger partial charge on any atom is -0.347 e. The highest BCUT2D eigenvalue weighted by atomic mass is 32.2. The topological polar surface area (TPSA) is 63.2 Å². The molecule has 21 heavy (non-hydrogen) atoms. The smallest absolute Gasteiger partial charge is 0.261 e. The molecule has 0 aliphatic carbocycles. The van der Waals surface area contributed by atoms with Crippen LogP contribution >= 0.6 is 11.3 Å². The number of rotatable bonds is 3. The Hall–Kier alpha value is -1.66. The van der Waals surface area contributed by atoms with Crippen molar-refractivity contribution in [3.8, 4) is 0 Å². The van der Waals surface area contributed by atoms with Gasteiger partial charge in [-0.25, -0.2) is 8.42 Å². The molecule has 0 unspecified atom stereocenters. The third-order valence-electron chi connectivity index (χ3n) is 3.52. The maximum Gasteiger partial charge on any atom is 0.261 e. The first-order chi connectivity index (χ1) is 10.1. The predicted molar refractivity (Wildman–Crippen MR) is 82.3 cm³/mol. The van der Waals surface area contributed by atoms with Gasteiger partial charge >= 0.3 is 0 Å². The molecule has 0 radical (unpaired) electrons. The molecule has 1 amide bonds. The van der Waals surface area contributed by atoms with Gasteiger partial charge < -0.3 is 5.32 Å². The van der Waals surface area contributed by atoms with Crippen LogP contribution in [-0.4, -0.2) is 20.1 Å². The summed E-state index contributed by atoms with van der Waals surface area (Å²) in [5.41, 5.74) is 1.79. The predicted octanol–water partition coefficient (Wildman–Crippen LogP) is 2.40. The Morgan fingerprint density at radius 1 is 1.29 bits per heavy atom. The molecule has 0 spiro atoms. The molecule has 2 heterocycles. The largest absolute Gasteiger partial charge is 0.347 e. The lowest BCUT2D eigenvalue weighted by Gasteiger charge is -2.17. The van der Waals surface area contributed by atoms with Gasteiger partial charge in [-0.15, -0.1) is 11.3 Å². The molecule has 0 fully saturated rings. The van der Waals surface area contributed by atoms with Gasteiger partial charge in [-0.3, -0.25) is 4.79 Å². The molecule has 6 heteroatoms. The van der Waals surface area contributed by atoms with Crippen LogP contribution in [0.5, 0.6) is 0 Å². The quantitative estimate of drug-likeness (QED) is 0.944. The second kappa shape index (κ2) is 5.61. The van der Waals surface area contributed by atoms with E-state index in [1.807, 2.05) is 17.5 Å². The van der Waals surface area contributed by atoms with Crippen LogP contribution in [-0.2, 0) is 22.8 Å². The lowest BCUT2D eigenvalue weighted by Crippen LogP contribution is -2.22. The van der Waals surface area contributed by atoms with Gasteiger partial charge in [-0.1, -0.05) is 18.2 Å². The number of amides is 1. The molecule has 1 aliphatic heterocycles. The van der Waals surface area contributed by atoms with Crippen LogP contribution in [0.4, 0.5) is 0 Å². The third kappa shape index (κ3) is 3.01. The van der Waals surface area contributed by atoms with Crippen LogP contribution in [0.1, 0.15) is 27.2 Å². The fourth-order valence-electron chi connectivity index (χ4n) is 2.48. The van der Waals surface area contributed by atoms with E-state index in [2.05, 4.69) is 5.32 Å². The highest BCUT2D eigenvalue weighted by Crippen LogP contribution is 2.25. The van der Waals surface area contributed by atoms with Crippen molar-refractivity contribution in [1.82, 2.24) is 5.32 Å². The molecular formula is C15H15NO3S2. The Bertz CT molecular complexity index is 764. The van der Waals surface area contributed by atoms with E-state index in [0.717, 1.165) is 17.5 Å². The summed E-state index contributed by atoms with van der Waals surface area (Å²) in [5, 5.41) is 4.71. The molecule has 110 valence electrons. The van der Waals surface area contributed by atoms with Crippen molar-refractivity contribution >= 4 is 27.1 Å². The summed E-state index contributed by atoms with van der Waals surface area (Å²) < 4.78 is 23.9. The number of hydrogen-bond acceptors (Lipinski definition) is 4. The molecule has 2 aromatic rings. The van der Waals surface area contributed by atoms with Crippen LogP contribution in [0, 0.1) is 0 Å². The number of carbonyl (C=O) groups is 1. The van der Waals surface area contributed by atoms with E-state index >= 15 is 0 Å². The molecule has 0 atom stereocenters. The first-order valence-electron chi connectivity index (χ1n) is 6.72. The molecular weight excluding hydrogens is 306 g/mol. The Balaban J connectivity index is 1.74. The number of hydrogen-bond donors (Lipinski definition) is 1. The summed E-state index contributed by atoms with van der Waals surface area (Å²) in [6.45, 7) is 0.407. The van der Waals surface area contributed by atoms with E-state index in [1.165, 1.54) is 11.3 Å². The maximum absolute atomic E-state index is 11.9. The summed E-state index contributed by atoms with van der Waals surface area (Å²) in [4.78, 5) is 13.0. The van der Waals surface area contributed by atoms with E-state index in [-0.39, 0.29) is 11.7 Å². The standard InChI is InChI=1S/C15H15NO3S2/c17-15(13-4-1-7-20-13)16-10-11-5-6-14-12(9-11)3-2-8-21(14,18)19/h1,4-7,9H,2-3,8,10H2,(H,16,17). The van der Waals surface area contributed by atoms with Crippen molar-refractivity contribution in [3.63, 3.8) is 0 Å². The van der Waals surface area contributed by atoms with Crippen LogP contribution in [0.3, 0.4) is 0 Å². The summed E-state index contributed by atoms with van der Waals surface area (Å²) in [7, 11) is -3.11. The molecule has 1 aromatic heterocycles. The minimum atomic E-state index is -3.11. The Kier molecular flexibility index (Phi) is 3.82. The summed E-state index contributed by atoms with van der Waals surface area (Å²) >= 11 is 1.40. The molecule has 0 bridgehead atoms. The molecule has 0 saturated carbocycles. The van der Waals surface area contributed by atoms with E-state index in [0.29, 0.717) is 22.7 Å². The van der Waals surface area contributed by atoms with Gasteiger partial charge in [0.25, 0.3) is 5.91 Å². The van der Waals surface area contributed by atoms with Gasteiger partial charge in [-0.2, -0.15) is 0 Å². The number of carbonyl (C=O) groups excluding carboxylic acids is 1.